The summed E-state index contributed by atoms with van der Waals surface area (Å²) in [5.74, 6) is -0.593. The lowest BCUT2D eigenvalue weighted by molar-refractivity contribution is -0.121. The first-order valence-corrected chi connectivity index (χ1v) is 13.9. The van der Waals surface area contributed by atoms with Crippen LogP contribution in [0.1, 0.15) is 19.8 Å². The number of thiazole rings is 1. The van der Waals surface area contributed by atoms with E-state index in [0.717, 1.165) is 15.1 Å². The molecule has 0 saturated carbocycles. The summed E-state index contributed by atoms with van der Waals surface area (Å²) in [6, 6.07) is 12.4. The Morgan fingerprint density at radius 2 is 1.85 bits per heavy atom. The summed E-state index contributed by atoms with van der Waals surface area (Å²) < 4.78 is 28.5. The van der Waals surface area contributed by atoms with Crippen LogP contribution in [0.15, 0.2) is 52.3 Å². The molecule has 174 valence electrons. The second kappa shape index (κ2) is 9.80. The summed E-state index contributed by atoms with van der Waals surface area (Å²) in [6.07, 6.45) is 2.75. The molecule has 0 atom stereocenters. The number of carbonyl (C=O) groups is 2. The lowest BCUT2D eigenvalue weighted by atomic mass is 9.97. The fourth-order valence-electron chi connectivity index (χ4n) is 3.80. The molecule has 0 radical (unpaired) electrons. The van der Waals surface area contributed by atoms with Gasteiger partial charge in [-0.25, -0.2) is 13.4 Å². The molecule has 0 aliphatic carbocycles. The molecule has 2 aromatic carbocycles. The number of hydrogen-bond donors (Lipinski definition) is 2. The van der Waals surface area contributed by atoms with Gasteiger partial charge in [-0.2, -0.15) is 4.31 Å². The minimum Gasteiger partial charge on any atom is -0.326 e. The second-order valence-electron chi connectivity index (χ2n) is 7.70. The zero-order valence-corrected chi connectivity index (χ0v) is 20.6. The standard InChI is InChI=1S/C22H24N4O4S3/c1-14(27)23-16-7-8-17-19(13-16)32-22(24-17)25-21(28)15-9-11-26(12-10-15)33(29,30)20-6-4-3-5-18(20)31-2/h3-8,13,15H,9-12H2,1-2H3,(H,23,27)(H,24,25,28). The second-order valence-corrected chi connectivity index (χ2v) is 11.5. The van der Waals surface area contributed by atoms with Crippen LogP contribution in [0.4, 0.5) is 10.8 Å². The van der Waals surface area contributed by atoms with E-state index < -0.39 is 10.0 Å². The van der Waals surface area contributed by atoms with Crippen molar-refractivity contribution in [3.63, 3.8) is 0 Å². The van der Waals surface area contributed by atoms with Crippen molar-refractivity contribution < 1.29 is 18.0 Å². The Balaban J connectivity index is 1.40. The molecule has 8 nitrogen and oxygen atoms in total. The highest BCUT2D eigenvalue weighted by atomic mass is 32.2. The van der Waals surface area contributed by atoms with Crippen molar-refractivity contribution in [3.8, 4) is 0 Å². The van der Waals surface area contributed by atoms with Crippen molar-refractivity contribution in [1.82, 2.24) is 9.29 Å². The zero-order valence-electron chi connectivity index (χ0n) is 18.2. The molecule has 0 unspecified atom stereocenters. The summed E-state index contributed by atoms with van der Waals surface area (Å²) in [5.41, 5.74) is 1.41. The number of nitrogens with zero attached hydrogens (tertiary/aromatic N) is 2. The lowest BCUT2D eigenvalue weighted by Crippen LogP contribution is -2.41. The first-order chi connectivity index (χ1) is 15.8. The molecule has 1 fully saturated rings. The molecule has 2 amide bonds. The summed E-state index contributed by atoms with van der Waals surface area (Å²) >= 11 is 2.74. The molecule has 3 aromatic rings. The van der Waals surface area contributed by atoms with E-state index in [2.05, 4.69) is 15.6 Å². The third-order valence-corrected chi connectivity index (χ3v) is 9.27. The fourth-order valence-corrected chi connectivity index (χ4v) is 7.30. The summed E-state index contributed by atoms with van der Waals surface area (Å²) in [6.45, 7) is 2.03. The number of fused-ring (bicyclic) bond motifs is 1. The van der Waals surface area contributed by atoms with Crippen LogP contribution in [0.25, 0.3) is 10.2 Å². The average Bonchev–Trinajstić information content (AvgIpc) is 3.20. The molecule has 11 heteroatoms. The lowest BCUT2D eigenvalue weighted by Gasteiger charge is -2.30. The van der Waals surface area contributed by atoms with Crippen molar-refractivity contribution in [1.29, 1.82) is 0 Å². The van der Waals surface area contributed by atoms with E-state index >= 15 is 0 Å². The average molecular weight is 505 g/mol. The predicted octanol–water partition coefficient (Wildman–Crippen LogP) is 4.02. The molecule has 2 N–H and O–H groups in total. The van der Waals surface area contributed by atoms with Gasteiger partial charge in [-0.05, 0) is 49.4 Å². The number of sulfonamides is 1. The molecule has 2 heterocycles. The van der Waals surface area contributed by atoms with Gasteiger partial charge in [-0.3, -0.25) is 9.59 Å². The number of amides is 2. The van der Waals surface area contributed by atoms with E-state index in [1.165, 1.54) is 34.3 Å². The van der Waals surface area contributed by atoms with Gasteiger partial charge >= 0.3 is 0 Å². The van der Waals surface area contributed by atoms with Crippen LogP contribution >= 0.6 is 23.1 Å². The van der Waals surface area contributed by atoms with Gasteiger partial charge in [0.2, 0.25) is 21.8 Å². The van der Waals surface area contributed by atoms with Crippen molar-refractivity contribution in [3.05, 3.63) is 42.5 Å². The number of carbonyl (C=O) groups excluding carboxylic acids is 2. The van der Waals surface area contributed by atoms with E-state index in [1.54, 1.807) is 30.3 Å². The number of thioether (sulfide) groups is 1. The normalized spacial score (nSPS) is 15.5. The quantitative estimate of drug-likeness (QED) is 0.491. The van der Waals surface area contributed by atoms with E-state index in [9.17, 15) is 18.0 Å². The molecule has 1 aliphatic heterocycles. The highest BCUT2D eigenvalue weighted by Gasteiger charge is 2.33. The molecule has 1 saturated heterocycles. The van der Waals surface area contributed by atoms with Gasteiger partial charge in [0.1, 0.15) is 0 Å². The Bertz CT molecular complexity index is 1300. The summed E-state index contributed by atoms with van der Waals surface area (Å²) in [7, 11) is -3.60. The van der Waals surface area contributed by atoms with Crippen LogP contribution in [0.2, 0.25) is 0 Å². The Morgan fingerprint density at radius 3 is 2.55 bits per heavy atom. The van der Waals surface area contributed by atoms with Crippen molar-refractivity contribution in [2.75, 3.05) is 30.0 Å². The minimum absolute atomic E-state index is 0.155. The highest BCUT2D eigenvalue weighted by molar-refractivity contribution is 7.99. The third kappa shape index (κ3) is 5.21. The van der Waals surface area contributed by atoms with Gasteiger partial charge in [0.15, 0.2) is 5.13 Å². The monoisotopic (exact) mass is 504 g/mol. The topological polar surface area (TPSA) is 108 Å². The van der Waals surface area contributed by atoms with E-state index in [0.29, 0.717) is 41.6 Å². The van der Waals surface area contributed by atoms with Crippen LogP contribution in [-0.2, 0) is 19.6 Å². The Labute approximate surface area is 200 Å². The first-order valence-electron chi connectivity index (χ1n) is 10.4. The molecule has 33 heavy (non-hydrogen) atoms. The number of aromatic nitrogens is 1. The predicted molar refractivity (Wildman–Crippen MR) is 132 cm³/mol. The van der Waals surface area contributed by atoms with E-state index in [4.69, 9.17) is 0 Å². The summed E-state index contributed by atoms with van der Waals surface area (Å²) in [4.78, 5) is 29.5. The number of hydrogen-bond acceptors (Lipinski definition) is 7. The van der Waals surface area contributed by atoms with Crippen molar-refractivity contribution in [2.45, 2.75) is 29.6 Å². The number of anilines is 2. The molecular formula is C22H24N4O4S3. The largest absolute Gasteiger partial charge is 0.326 e. The van der Waals surface area contributed by atoms with Gasteiger partial charge in [0, 0.05) is 36.5 Å². The van der Waals surface area contributed by atoms with E-state index in [1.807, 2.05) is 18.4 Å². The minimum atomic E-state index is -3.60. The Morgan fingerprint density at radius 1 is 1.12 bits per heavy atom. The number of benzene rings is 2. The Hall–Kier alpha value is -2.47. The zero-order chi connectivity index (χ0) is 23.6. The van der Waals surface area contributed by atoms with Crippen LogP contribution < -0.4 is 10.6 Å². The Kier molecular flexibility index (Phi) is 7.03. The van der Waals surface area contributed by atoms with Crippen LogP contribution in [0.3, 0.4) is 0 Å². The van der Waals surface area contributed by atoms with Gasteiger partial charge in [0.05, 0.1) is 15.1 Å². The number of piperidine rings is 1. The van der Waals surface area contributed by atoms with Gasteiger partial charge in [0.25, 0.3) is 0 Å². The van der Waals surface area contributed by atoms with Gasteiger partial charge in [-0.15, -0.1) is 11.8 Å². The first kappa shape index (κ1) is 23.7. The fraction of sp³-hybridized carbons (Fsp3) is 0.318. The molecule has 0 spiro atoms. The summed E-state index contributed by atoms with van der Waals surface area (Å²) in [5, 5.41) is 6.09. The maximum atomic E-state index is 13.1. The maximum Gasteiger partial charge on any atom is 0.244 e. The molecule has 0 bridgehead atoms. The maximum absolute atomic E-state index is 13.1. The SMILES string of the molecule is CSc1ccccc1S(=O)(=O)N1CCC(C(=O)Nc2nc3ccc(NC(C)=O)cc3s2)CC1. The van der Waals surface area contributed by atoms with Gasteiger partial charge in [-0.1, -0.05) is 23.5 Å². The number of nitrogens with one attached hydrogen (secondary N) is 2. The van der Waals surface area contributed by atoms with E-state index in [-0.39, 0.29) is 17.7 Å². The van der Waals surface area contributed by atoms with Crippen molar-refractivity contribution >= 4 is 66.0 Å². The van der Waals surface area contributed by atoms with Crippen LogP contribution in [-0.4, -0.2) is 48.9 Å². The molecule has 1 aromatic heterocycles. The highest BCUT2D eigenvalue weighted by Crippen LogP contribution is 2.32. The van der Waals surface area contributed by atoms with Crippen molar-refractivity contribution in [2.24, 2.45) is 5.92 Å². The van der Waals surface area contributed by atoms with Crippen LogP contribution in [0, 0.1) is 5.92 Å². The number of rotatable bonds is 6. The third-order valence-electron chi connectivity index (χ3n) is 5.45. The smallest absolute Gasteiger partial charge is 0.244 e. The molecule has 1 aliphatic rings. The molecule has 4 rings (SSSR count). The van der Waals surface area contributed by atoms with Gasteiger partial charge < -0.3 is 10.6 Å². The molecular weight excluding hydrogens is 480 g/mol. The van der Waals surface area contributed by atoms with Crippen LogP contribution in [0.5, 0.6) is 0 Å².